The molecule has 0 radical (unpaired) electrons. The summed E-state index contributed by atoms with van der Waals surface area (Å²) in [6, 6.07) is 7.81. The SMILES string of the molecule is C#CCCCNc1cccc(SC/C(F)=C/CNC(=O)OC(C)(C)C)c1. The second kappa shape index (κ2) is 11.5. The first-order valence-corrected chi connectivity index (χ1v) is 9.50. The van der Waals surface area contributed by atoms with E-state index in [1.165, 1.54) is 17.8 Å². The Bertz CT molecular complexity index is 648. The van der Waals surface area contributed by atoms with E-state index in [4.69, 9.17) is 11.2 Å². The van der Waals surface area contributed by atoms with Gasteiger partial charge in [0.1, 0.15) is 11.4 Å². The van der Waals surface area contributed by atoms with Crippen LogP contribution in [0, 0.1) is 12.3 Å². The van der Waals surface area contributed by atoms with Crippen molar-refractivity contribution in [2.24, 2.45) is 0 Å². The first-order valence-electron chi connectivity index (χ1n) is 8.52. The average molecular weight is 379 g/mol. The van der Waals surface area contributed by atoms with Crippen molar-refractivity contribution in [2.75, 3.05) is 24.2 Å². The lowest BCUT2D eigenvalue weighted by atomic mass is 10.2. The van der Waals surface area contributed by atoms with Crippen molar-refractivity contribution in [1.82, 2.24) is 5.32 Å². The normalized spacial score (nSPS) is 11.6. The Morgan fingerprint density at radius 3 is 2.88 bits per heavy atom. The highest BCUT2D eigenvalue weighted by Crippen LogP contribution is 2.24. The Kier molecular flexibility index (Phi) is 9.67. The molecule has 1 aromatic carbocycles. The molecular weight excluding hydrogens is 351 g/mol. The van der Waals surface area contributed by atoms with Crippen LogP contribution < -0.4 is 10.6 Å². The molecule has 4 nitrogen and oxygen atoms in total. The fourth-order valence-corrected chi connectivity index (χ4v) is 2.70. The molecule has 0 aliphatic heterocycles. The number of benzene rings is 1. The van der Waals surface area contributed by atoms with Crippen LogP contribution in [0.3, 0.4) is 0 Å². The standard InChI is InChI=1S/C20H27FN2O2S/c1-5-6-7-12-22-17-9-8-10-18(14-17)26-15-16(21)11-13-23-19(24)25-20(2,3)4/h1,8-11,14,22H,6-7,12-13,15H2,2-4H3,(H,23,24)/b16-11-. The molecule has 1 aromatic rings. The van der Waals surface area contributed by atoms with Crippen LogP contribution in [0.4, 0.5) is 14.9 Å². The van der Waals surface area contributed by atoms with Crippen LogP contribution in [0.15, 0.2) is 41.1 Å². The Morgan fingerprint density at radius 1 is 1.42 bits per heavy atom. The van der Waals surface area contributed by atoms with Crippen molar-refractivity contribution >= 4 is 23.5 Å². The van der Waals surface area contributed by atoms with Crippen molar-refractivity contribution in [3.63, 3.8) is 0 Å². The van der Waals surface area contributed by atoms with Crippen molar-refractivity contribution in [1.29, 1.82) is 0 Å². The molecule has 0 aliphatic carbocycles. The summed E-state index contributed by atoms with van der Waals surface area (Å²) in [6.45, 7) is 6.23. The molecule has 0 aromatic heterocycles. The molecule has 0 saturated carbocycles. The van der Waals surface area contributed by atoms with Crippen LogP contribution >= 0.6 is 11.8 Å². The number of rotatable bonds is 9. The van der Waals surface area contributed by atoms with Crippen molar-refractivity contribution in [2.45, 2.75) is 44.1 Å². The first-order chi connectivity index (χ1) is 12.3. The van der Waals surface area contributed by atoms with Gasteiger partial charge in [0.15, 0.2) is 0 Å². The third-order valence-corrected chi connectivity index (χ3v) is 4.01. The van der Waals surface area contributed by atoms with Gasteiger partial charge in [0.25, 0.3) is 0 Å². The maximum absolute atomic E-state index is 13.9. The first kappa shape index (κ1) is 21.9. The third-order valence-electron chi connectivity index (χ3n) is 3.01. The van der Waals surface area contributed by atoms with E-state index in [0.717, 1.165) is 30.0 Å². The molecule has 0 saturated heterocycles. The summed E-state index contributed by atoms with van der Waals surface area (Å²) in [5.41, 5.74) is 0.422. The summed E-state index contributed by atoms with van der Waals surface area (Å²) in [5.74, 6) is 2.52. The summed E-state index contributed by atoms with van der Waals surface area (Å²) in [6.07, 6.45) is 7.67. The second-order valence-electron chi connectivity index (χ2n) is 6.58. The Hall–Kier alpha value is -2.13. The van der Waals surface area contributed by atoms with E-state index in [0.29, 0.717) is 0 Å². The van der Waals surface area contributed by atoms with Crippen LogP contribution in [0.1, 0.15) is 33.6 Å². The van der Waals surface area contributed by atoms with Crippen LogP contribution in [0.5, 0.6) is 0 Å². The summed E-state index contributed by atoms with van der Waals surface area (Å²) < 4.78 is 19.0. The number of carbonyl (C=O) groups is 1. The molecule has 0 atom stereocenters. The lowest BCUT2D eigenvalue weighted by Crippen LogP contribution is -2.32. The molecule has 2 N–H and O–H groups in total. The monoisotopic (exact) mass is 378 g/mol. The maximum atomic E-state index is 13.9. The van der Waals surface area contributed by atoms with E-state index in [2.05, 4.69) is 16.6 Å². The molecule has 0 heterocycles. The van der Waals surface area contributed by atoms with Gasteiger partial charge in [-0.3, -0.25) is 0 Å². The van der Waals surface area contributed by atoms with E-state index in [1.54, 1.807) is 20.8 Å². The Labute approximate surface area is 160 Å². The van der Waals surface area contributed by atoms with Gasteiger partial charge >= 0.3 is 6.09 Å². The molecule has 1 amide bonds. The molecule has 26 heavy (non-hydrogen) atoms. The number of hydrogen-bond acceptors (Lipinski definition) is 4. The van der Waals surface area contributed by atoms with E-state index >= 15 is 0 Å². The van der Waals surface area contributed by atoms with Gasteiger partial charge in [-0.1, -0.05) is 6.07 Å². The van der Waals surface area contributed by atoms with Gasteiger partial charge in [0.05, 0.1) is 0 Å². The Morgan fingerprint density at radius 2 is 2.19 bits per heavy atom. The predicted octanol–water partition coefficient (Wildman–Crippen LogP) is 4.98. The molecule has 1 rings (SSSR count). The topological polar surface area (TPSA) is 50.4 Å². The maximum Gasteiger partial charge on any atom is 0.407 e. The van der Waals surface area contributed by atoms with Gasteiger partial charge in [0.2, 0.25) is 0 Å². The molecule has 0 unspecified atom stereocenters. The number of thioether (sulfide) groups is 1. The number of amides is 1. The number of ether oxygens (including phenoxy) is 1. The fourth-order valence-electron chi connectivity index (χ4n) is 1.89. The number of nitrogens with one attached hydrogen (secondary N) is 2. The Balaban J connectivity index is 2.36. The van der Waals surface area contributed by atoms with Crippen LogP contribution in [0.25, 0.3) is 0 Å². The van der Waals surface area contributed by atoms with Gasteiger partial charge in [-0.15, -0.1) is 24.1 Å². The van der Waals surface area contributed by atoms with Gasteiger partial charge in [-0.2, -0.15) is 0 Å². The minimum absolute atomic E-state index is 0.0953. The summed E-state index contributed by atoms with van der Waals surface area (Å²) in [5, 5.41) is 5.79. The lowest BCUT2D eigenvalue weighted by molar-refractivity contribution is 0.0534. The van der Waals surface area contributed by atoms with Gasteiger partial charge in [-0.05, 0) is 51.5 Å². The highest BCUT2D eigenvalue weighted by atomic mass is 32.2. The molecule has 0 fully saturated rings. The van der Waals surface area contributed by atoms with E-state index in [1.807, 2.05) is 24.3 Å². The van der Waals surface area contributed by atoms with Crippen molar-refractivity contribution in [3.05, 3.63) is 36.2 Å². The number of unbranched alkanes of at least 4 members (excludes halogenated alkanes) is 1. The van der Waals surface area contributed by atoms with Gasteiger partial charge < -0.3 is 15.4 Å². The summed E-state index contributed by atoms with van der Waals surface area (Å²) in [4.78, 5) is 12.4. The van der Waals surface area contributed by atoms with Crippen molar-refractivity contribution < 1.29 is 13.9 Å². The van der Waals surface area contributed by atoms with Crippen LogP contribution in [-0.2, 0) is 4.74 Å². The van der Waals surface area contributed by atoms with E-state index in [9.17, 15) is 9.18 Å². The fraction of sp³-hybridized carbons (Fsp3) is 0.450. The zero-order valence-corrected chi connectivity index (χ0v) is 16.4. The largest absolute Gasteiger partial charge is 0.444 e. The quantitative estimate of drug-likeness (QED) is 0.361. The number of halogens is 1. The van der Waals surface area contributed by atoms with Crippen LogP contribution in [0.2, 0.25) is 0 Å². The van der Waals surface area contributed by atoms with E-state index in [-0.39, 0.29) is 18.1 Å². The number of terminal acetylenes is 1. The number of hydrogen-bond donors (Lipinski definition) is 2. The van der Waals surface area contributed by atoms with E-state index < -0.39 is 11.7 Å². The predicted molar refractivity (Wildman–Crippen MR) is 107 cm³/mol. The minimum Gasteiger partial charge on any atom is -0.444 e. The second-order valence-corrected chi connectivity index (χ2v) is 7.63. The lowest BCUT2D eigenvalue weighted by Gasteiger charge is -2.19. The minimum atomic E-state index is -0.567. The molecule has 6 heteroatoms. The summed E-state index contributed by atoms with van der Waals surface area (Å²) in [7, 11) is 0. The molecule has 0 bridgehead atoms. The van der Waals surface area contributed by atoms with Crippen LogP contribution in [-0.4, -0.2) is 30.5 Å². The number of carbonyl (C=O) groups excluding carboxylic acids is 1. The molecule has 0 aliphatic rings. The number of anilines is 1. The zero-order valence-electron chi connectivity index (χ0n) is 15.6. The average Bonchev–Trinajstić information content (AvgIpc) is 2.56. The molecule has 0 spiro atoms. The number of alkyl carbamates (subject to hydrolysis) is 1. The molecule has 142 valence electrons. The van der Waals surface area contributed by atoms with Gasteiger partial charge in [0, 0.05) is 35.8 Å². The smallest absolute Gasteiger partial charge is 0.407 e. The third kappa shape index (κ3) is 10.7. The zero-order chi connectivity index (χ0) is 19.4. The molecular formula is C20H27FN2O2S. The summed E-state index contributed by atoms with van der Waals surface area (Å²) >= 11 is 1.40. The van der Waals surface area contributed by atoms with Crippen molar-refractivity contribution in [3.8, 4) is 12.3 Å². The highest BCUT2D eigenvalue weighted by molar-refractivity contribution is 7.99. The highest BCUT2D eigenvalue weighted by Gasteiger charge is 2.15. The van der Waals surface area contributed by atoms with Gasteiger partial charge in [-0.25, -0.2) is 9.18 Å².